The summed E-state index contributed by atoms with van der Waals surface area (Å²) in [5, 5.41) is 12.8. The number of benzene rings is 2. The molecule has 0 radical (unpaired) electrons. The van der Waals surface area contributed by atoms with Crippen molar-refractivity contribution in [3.8, 4) is 11.1 Å². The number of Topliss-reactive ketones (excluding diaryl/α,β-unsaturated/α-hetero) is 1. The molecule has 1 atom stereocenters. The number of piperidine rings is 1. The van der Waals surface area contributed by atoms with Crippen LogP contribution in [-0.2, 0) is 16.0 Å². The summed E-state index contributed by atoms with van der Waals surface area (Å²) >= 11 is 4.59. The number of hydrogen-bond donors (Lipinski definition) is 3. The zero-order chi connectivity index (χ0) is 19.3. The highest BCUT2D eigenvalue weighted by Crippen LogP contribution is 2.30. The predicted octanol–water partition coefficient (Wildman–Crippen LogP) is 3.61. The van der Waals surface area contributed by atoms with Gasteiger partial charge in [0, 0.05) is 6.42 Å². The van der Waals surface area contributed by atoms with Gasteiger partial charge in [-0.2, -0.15) is 12.6 Å². The van der Waals surface area contributed by atoms with Crippen LogP contribution in [0.25, 0.3) is 11.1 Å². The summed E-state index contributed by atoms with van der Waals surface area (Å²) in [4.78, 5) is 24.4. The Morgan fingerprint density at radius 2 is 1.59 bits per heavy atom. The number of ketones is 1. The molecule has 3 rings (SSSR count). The molecule has 0 aromatic heterocycles. The van der Waals surface area contributed by atoms with Gasteiger partial charge in [0.25, 0.3) is 0 Å². The molecule has 5 heteroatoms. The summed E-state index contributed by atoms with van der Waals surface area (Å²) in [7, 11) is 0. The van der Waals surface area contributed by atoms with Crippen molar-refractivity contribution in [2.75, 3.05) is 13.1 Å². The van der Waals surface area contributed by atoms with E-state index in [9.17, 15) is 14.7 Å². The Morgan fingerprint density at radius 3 is 2.19 bits per heavy atom. The Kier molecular flexibility index (Phi) is 6.34. The van der Waals surface area contributed by atoms with Crippen molar-refractivity contribution >= 4 is 24.4 Å². The number of carbonyl (C=O) groups is 2. The van der Waals surface area contributed by atoms with Gasteiger partial charge >= 0.3 is 5.97 Å². The number of carboxylic acids is 1. The lowest BCUT2D eigenvalue weighted by Crippen LogP contribution is -2.44. The minimum atomic E-state index is -0.929. The normalized spacial score (nSPS) is 17.2. The summed E-state index contributed by atoms with van der Waals surface area (Å²) in [6, 6.07) is 17.9. The van der Waals surface area contributed by atoms with E-state index in [-0.39, 0.29) is 12.2 Å². The Bertz CT molecular complexity index is 783. The highest BCUT2D eigenvalue weighted by molar-refractivity contribution is 7.82. The number of rotatable bonds is 7. The predicted molar refractivity (Wildman–Crippen MR) is 110 cm³/mol. The van der Waals surface area contributed by atoms with Crippen molar-refractivity contribution in [3.05, 3.63) is 60.2 Å². The quantitative estimate of drug-likeness (QED) is 0.639. The average Bonchev–Trinajstić information content (AvgIpc) is 2.69. The number of nitrogens with one attached hydrogen (secondary N) is 1. The van der Waals surface area contributed by atoms with Gasteiger partial charge in [-0.15, -0.1) is 0 Å². The molecular weight excluding hydrogens is 358 g/mol. The smallest absolute Gasteiger partial charge is 0.307 e. The fraction of sp³-hybridized carbons (Fsp3) is 0.364. The van der Waals surface area contributed by atoms with Gasteiger partial charge in [-0.25, -0.2) is 0 Å². The van der Waals surface area contributed by atoms with Gasteiger partial charge in [0.2, 0.25) is 0 Å². The van der Waals surface area contributed by atoms with Gasteiger partial charge in [0.15, 0.2) is 0 Å². The molecule has 1 heterocycles. The maximum absolute atomic E-state index is 12.7. The number of carbonyl (C=O) groups excluding carboxylic acids is 1. The molecule has 1 unspecified atom stereocenters. The van der Waals surface area contributed by atoms with E-state index in [0.29, 0.717) is 19.3 Å². The summed E-state index contributed by atoms with van der Waals surface area (Å²) in [6.45, 7) is 1.49. The van der Waals surface area contributed by atoms with Crippen LogP contribution in [0, 0.1) is 5.92 Å². The monoisotopic (exact) mass is 383 g/mol. The second-order valence-corrected chi connectivity index (χ2v) is 8.07. The van der Waals surface area contributed by atoms with Gasteiger partial charge < -0.3 is 10.4 Å². The van der Waals surface area contributed by atoms with Crippen LogP contribution < -0.4 is 5.32 Å². The van der Waals surface area contributed by atoms with Gasteiger partial charge in [0.05, 0.1) is 10.7 Å². The average molecular weight is 384 g/mol. The molecule has 1 saturated heterocycles. The number of carboxylic acid groups (broad SMARTS) is 1. The molecule has 2 N–H and O–H groups in total. The maximum atomic E-state index is 12.7. The molecule has 0 bridgehead atoms. The van der Waals surface area contributed by atoms with Crippen LogP contribution in [0.15, 0.2) is 54.6 Å². The van der Waals surface area contributed by atoms with E-state index in [0.717, 1.165) is 29.8 Å². The first-order valence-corrected chi connectivity index (χ1v) is 9.76. The Morgan fingerprint density at radius 1 is 1.00 bits per heavy atom. The van der Waals surface area contributed by atoms with Crippen LogP contribution in [0.2, 0.25) is 0 Å². The second kappa shape index (κ2) is 8.72. The van der Waals surface area contributed by atoms with Crippen molar-refractivity contribution in [2.45, 2.75) is 30.4 Å². The van der Waals surface area contributed by atoms with Crippen LogP contribution in [0.1, 0.15) is 24.8 Å². The molecule has 1 aliphatic rings. The SMILES string of the molecule is O=C(O)C(CC(=O)C1(S)CCNCC1)Cc1ccc(-c2ccccc2)cc1. The summed E-state index contributed by atoms with van der Waals surface area (Å²) in [6.07, 6.45) is 1.66. The zero-order valence-electron chi connectivity index (χ0n) is 15.2. The molecule has 4 nitrogen and oxygen atoms in total. The van der Waals surface area contributed by atoms with E-state index in [1.165, 1.54) is 0 Å². The fourth-order valence-corrected chi connectivity index (χ4v) is 3.84. The molecule has 0 saturated carbocycles. The first-order valence-electron chi connectivity index (χ1n) is 9.31. The Labute approximate surface area is 165 Å². The number of aliphatic carboxylic acids is 1. The lowest BCUT2D eigenvalue weighted by atomic mass is 9.85. The Hall–Kier alpha value is -2.11. The zero-order valence-corrected chi connectivity index (χ0v) is 16.1. The molecular formula is C22H25NO3S. The van der Waals surface area contributed by atoms with Crippen molar-refractivity contribution < 1.29 is 14.7 Å². The van der Waals surface area contributed by atoms with Crippen LogP contribution >= 0.6 is 12.6 Å². The molecule has 27 heavy (non-hydrogen) atoms. The first kappa shape index (κ1) is 19.6. The Balaban J connectivity index is 1.67. The third-order valence-corrected chi connectivity index (χ3v) is 5.97. The topological polar surface area (TPSA) is 66.4 Å². The van der Waals surface area contributed by atoms with Crippen LogP contribution in [0.3, 0.4) is 0 Å². The summed E-state index contributed by atoms with van der Waals surface area (Å²) in [5.41, 5.74) is 3.14. The van der Waals surface area contributed by atoms with Gasteiger partial charge in [-0.1, -0.05) is 54.6 Å². The minimum absolute atomic E-state index is 0.0271. The molecule has 2 aromatic carbocycles. The van der Waals surface area contributed by atoms with E-state index in [4.69, 9.17) is 0 Å². The third kappa shape index (κ3) is 4.99. The lowest BCUT2D eigenvalue weighted by molar-refractivity contribution is -0.144. The maximum Gasteiger partial charge on any atom is 0.307 e. The van der Waals surface area contributed by atoms with Gasteiger partial charge in [0.1, 0.15) is 5.78 Å². The highest BCUT2D eigenvalue weighted by Gasteiger charge is 2.37. The molecule has 2 aromatic rings. The first-order chi connectivity index (χ1) is 13.0. The van der Waals surface area contributed by atoms with E-state index < -0.39 is 16.6 Å². The van der Waals surface area contributed by atoms with Crippen molar-refractivity contribution in [1.29, 1.82) is 0 Å². The second-order valence-electron chi connectivity index (χ2n) is 7.21. The lowest BCUT2D eigenvalue weighted by Gasteiger charge is -2.32. The van der Waals surface area contributed by atoms with Gasteiger partial charge in [-0.05, 0) is 49.0 Å². The van der Waals surface area contributed by atoms with Crippen molar-refractivity contribution in [3.63, 3.8) is 0 Å². The van der Waals surface area contributed by atoms with Crippen molar-refractivity contribution in [2.24, 2.45) is 5.92 Å². The van der Waals surface area contributed by atoms with E-state index in [1.54, 1.807) is 0 Å². The molecule has 0 amide bonds. The summed E-state index contributed by atoms with van der Waals surface area (Å²) in [5.74, 6) is -1.71. The van der Waals surface area contributed by atoms with Crippen LogP contribution in [-0.4, -0.2) is 34.7 Å². The number of thiol groups is 1. The third-order valence-electron chi connectivity index (χ3n) is 5.27. The van der Waals surface area contributed by atoms with Gasteiger partial charge in [-0.3, -0.25) is 9.59 Å². The molecule has 1 aliphatic heterocycles. The molecule has 0 aliphatic carbocycles. The fourth-order valence-electron chi connectivity index (χ4n) is 3.53. The van der Waals surface area contributed by atoms with E-state index >= 15 is 0 Å². The molecule has 1 fully saturated rings. The van der Waals surface area contributed by atoms with E-state index in [1.807, 2.05) is 54.6 Å². The minimum Gasteiger partial charge on any atom is -0.481 e. The van der Waals surface area contributed by atoms with Crippen LogP contribution in [0.4, 0.5) is 0 Å². The van der Waals surface area contributed by atoms with E-state index in [2.05, 4.69) is 17.9 Å². The standard InChI is InChI=1S/C22H25NO3S/c24-20(22(27)10-12-23-13-11-22)15-19(21(25)26)14-16-6-8-18(9-7-16)17-4-2-1-3-5-17/h1-9,19,23,27H,10-15H2,(H,25,26). The summed E-state index contributed by atoms with van der Waals surface area (Å²) < 4.78 is -0.698. The number of hydrogen-bond acceptors (Lipinski definition) is 4. The van der Waals surface area contributed by atoms with Crippen molar-refractivity contribution in [1.82, 2.24) is 5.32 Å². The molecule has 0 spiro atoms. The highest BCUT2D eigenvalue weighted by atomic mass is 32.1. The largest absolute Gasteiger partial charge is 0.481 e. The van der Waals surface area contributed by atoms with Crippen LogP contribution in [0.5, 0.6) is 0 Å². The molecule has 142 valence electrons.